The van der Waals surface area contributed by atoms with E-state index in [4.69, 9.17) is 4.74 Å². The van der Waals surface area contributed by atoms with Gasteiger partial charge in [-0.2, -0.15) is 5.10 Å². The summed E-state index contributed by atoms with van der Waals surface area (Å²) >= 11 is 0. The lowest BCUT2D eigenvalue weighted by Crippen LogP contribution is -2.58. The molecule has 0 aliphatic carbocycles. The highest BCUT2D eigenvalue weighted by atomic mass is 16.5. The summed E-state index contributed by atoms with van der Waals surface area (Å²) in [6, 6.07) is 0. The normalized spacial score (nSPS) is 22.2. The third kappa shape index (κ3) is 2.92. The molecule has 7 nitrogen and oxygen atoms in total. The molecule has 1 fully saturated rings. The minimum atomic E-state index is -1.00. The maximum absolute atomic E-state index is 12.6. The number of likely N-dealkylation sites (N-methyl/N-ethyl adjacent to an activating group) is 1. The van der Waals surface area contributed by atoms with E-state index in [0.717, 1.165) is 0 Å². The zero-order valence-electron chi connectivity index (χ0n) is 13.0. The van der Waals surface area contributed by atoms with Crippen LogP contribution in [-0.4, -0.2) is 58.8 Å². The van der Waals surface area contributed by atoms with Gasteiger partial charge in [0.15, 0.2) is 5.60 Å². The number of amides is 2. The summed E-state index contributed by atoms with van der Waals surface area (Å²) in [5, 5.41) is 6.87. The largest absolute Gasteiger partial charge is 0.362 e. The van der Waals surface area contributed by atoms with Crippen LogP contribution in [0.5, 0.6) is 0 Å². The van der Waals surface area contributed by atoms with Crippen LogP contribution in [0.1, 0.15) is 29.9 Å². The first-order valence-corrected chi connectivity index (χ1v) is 7.10. The van der Waals surface area contributed by atoms with Crippen molar-refractivity contribution < 1.29 is 14.3 Å². The van der Waals surface area contributed by atoms with E-state index in [1.807, 2.05) is 13.8 Å². The second kappa shape index (κ2) is 5.85. The van der Waals surface area contributed by atoms with E-state index in [1.54, 1.807) is 29.7 Å². The summed E-state index contributed by atoms with van der Waals surface area (Å²) in [5.74, 6) is -0.327. The fourth-order valence-electron chi connectivity index (χ4n) is 2.51. The van der Waals surface area contributed by atoms with E-state index in [9.17, 15) is 9.59 Å². The van der Waals surface area contributed by atoms with Gasteiger partial charge in [-0.1, -0.05) is 0 Å². The summed E-state index contributed by atoms with van der Waals surface area (Å²) in [6.45, 7) is 7.26. The number of hydrogen-bond donors (Lipinski definition) is 1. The van der Waals surface area contributed by atoms with Crippen molar-refractivity contribution in [3.63, 3.8) is 0 Å². The van der Waals surface area contributed by atoms with Gasteiger partial charge in [0.25, 0.3) is 11.8 Å². The quantitative estimate of drug-likeness (QED) is 0.863. The number of rotatable bonds is 3. The van der Waals surface area contributed by atoms with Crippen LogP contribution in [0, 0.1) is 6.92 Å². The lowest BCUT2D eigenvalue weighted by molar-refractivity contribution is -0.153. The molecule has 0 spiro atoms. The van der Waals surface area contributed by atoms with Crippen LogP contribution in [0.4, 0.5) is 0 Å². The molecule has 2 heterocycles. The first-order valence-electron chi connectivity index (χ1n) is 7.10. The fraction of sp³-hybridized carbons (Fsp3) is 0.643. The van der Waals surface area contributed by atoms with Crippen molar-refractivity contribution >= 4 is 11.8 Å². The van der Waals surface area contributed by atoms with Crippen molar-refractivity contribution in [3.8, 4) is 0 Å². The van der Waals surface area contributed by atoms with E-state index in [1.165, 1.54) is 0 Å². The molecule has 1 N–H and O–H groups in total. The van der Waals surface area contributed by atoms with Crippen molar-refractivity contribution in [2.24, 2.45) is 0 Å². The molecule has 21 heavy (non-hydrogen) atoms. The van der Waals surface area contributed by atoms with Crippen LogP contribution in [0.2, 0.25) is 0 Å². The Hall–Kier alpha value is -1.89. The second-order valence-corrected chi connectivity index (χ2v) is 5.37. The highest BCUT2D eigenvalue weighted by Crippen LogP contribution is 2.20. The Labute approximate surface area is 124 Å². The number of carbonyl (C=O) groups excluding carboxylic acids is 2. The number of carbonyl (C=O) groups is 2. The molecular formula is C14H22N4O3. The third-order valence-corrected chi connectivity index (χ3v) is 3.77. The third-order valence-electron chi connectivity index (χ3n) is 3.77. The Kier molecular flexibility index (Phi) is 4.32. The van der Waals surface area contributed by atoms with Gasteiger partial charge in [0, 0.05) is 26.3 Å². The van der Waals surface area contributed by atoms with Crippen LogP contribution in [0.15, 0.2) is 6.20 Å². The van der Waals surface area contributed by atoms with Crippen LogP contribution in [0.25, 0.3) is 0 Å². The molecule has 2 rings (SSSR count). The molecule has 0 radical (unpaired) electrons. The topological polar surface area (TPSA) is 76.5 Å². The number of morpholine rings is 1. The van der Waals surface area contributed by atoms with Gasteiger partial charge in [-0.25, -0.2) is 0 Å². The number of ether oxygens (including phenoxy) is 1. The molecule has 1 unspecified atom stereocenters. The summed E-state index contributed by atoms with van der Waals surface area (Å²) in [6.07, 6.45) is 1.75. The van der Waals surface area contributed by atoms with E-state index < -0.39 is 5.60 Å². The van der Waals surface area contributed by atoms with Crippen molar-refractivity contribution in [1.29, 1.82) is 0 Å². The van der Waals surface area contributed by atoms with Crippen LogP contribution >= 0.6 is 0 Å². The molecule has 0 saturated carbocycles. The Balaban J connectivity index is 2.19. The van der Waals surface area contributed by atoms with Crippen molar-refractivity contribution in [1.82, 2.24) is 20.0 Å². The predicted octanol–water partition coefficient (Wildman–Crippen LogP) is 0.189. The number of nitrogens with zero attached hydrogens (tertiary/aromatic N) is 3. The van der Waals surface area contributed by atoms with Crippen molar-refractivity contribution in [2.45, 2.75) is 32.9 Å². The molecule has 1 saturated heterocycles. The summed E-state index contributed by atoms with van der Waals surface area (Å²) in [4.78, 5) is 26.2. The van der Waals surface area contributed by atoms with E-state index in [-0.39, 0.29) is 18.4 Å². The van der Waals surface area contributed by atoms with Gasteiger partial charge in [0.05, 0.1) is 24.4 Å². The molecule has 2 amide bonds. The standard InChI is InChI=1S/C14H22N4O3/c1-5-18-8-11(10(2)16-18)12(19)17-6-7-21-14(3,9-17)13(20)15-4/h8H,5-7,9H2,1-4H3,(H,15,20). The number of hydrogen-bond acceptors (Lipinski definition) is 4. The number of aryl methyl sites for hydroxylation is 2. The Morgan fingerprint density at radius 1 is 1.52 bits per heavy atom. The van der Waals surface area contributed by atoms with Crippen LogP contribution in [-0.2, 0) is 16.1 Å². The first-order chi connectivity index (χ1) is 9.91. The summed E-state index contributed by atoms with van der Waals surface area (Å²) in [5.41, 5.74) is 0.283. The number of aromatic nitrogens is 2. The molecule has 1 aliphatic heterocycles. The molecule has 1 aliphatic rings. The van der Waals surface area contributed by atoms with Crippen LogP contribution < -0.4 is 5.32 Å². The van der Waals surface area contributed by atoms with Gasteiger partial charge in [0.2, 0.25) is 0 Å². The highest BCUT2D eigenvalue weighted by Gasteiger charge is 2.40. The zero-order chi connectivity index (χ0) is 15.6. The molecule has 0 bridgehead atoms. The SMILES string of the molecule is CCn1cc(C(=O)N2CCOC(C)(C(=O)NC)C2)c(C)n1. The van der Waals surface area contributed by atoms with Gasteiger partial charge in [-0.15, -0.1) is 0 Å². The zero-order valence-corrected chi connectivity index (χ0v) is 13.0. The lowest BCUT2D eigenvalue weighted by atomic mass is 10.0. The Bertz CT molecular complexity index is 554. The monoisotopic (exact) mass is 294 g/mol. The molecule has 1 aromatic rings. The molecule has 1 aromatic heterocycles. The van der Waals surface area contributed by atoms with Gasteiger partial charge >= 0.3 is 0 Å². The fourth-order valence-corrected chi connectivity index (χ4v) is 2.51. The van der Waals surface area contributed by atoms with E-state index >= 15 is 0 Å². The van der Waals surface area contributed by atoms with Gasteiger partial charge in [0.1, 0.15) is 0 Å². The average molecular weight is 294 g/mol. The van der Waals surface area contributed by atoms with Crippen molar-refractivity contribution in [2.75, 3.05) is 26.7 Å². The maximum atomic E-state index is 12.6. The maximum Gasteiger partial charge on any atom is 0.257 e. The van der Waals surface area contributed by atoms with Crippen molar-refractivity contribution in [3.05, 3.63) is 17.5 Å². The van der Waals surface area contributed by atoms with Gasteiger partial charge < -0.3 is 15.0 Å². The second-order valence-electron chi connectivity index (χ2n) is 5.37. The average Bonchev–Trinajstić information content (AvgIpc) is 2.86. The molecule has 7 heteroatoms. The van der Waals surface area contributed by atoms with Crippen LogP contribution in [0.3, 0.4) is 0 Å². The lowest BCUT2D eigenvalue weighted by Gasteiger charge is -2.38. The highest BCUT2D eigenvalue weighted by molar-refractivity contribution is 5.96. The molecule has 0 aromatic carbocycles. The minimum absolute atomic E-state index is 0.106. The first kappa shape index (κ1) is 15.5. The molecular weight excluding hydrogens is 272 g/mol. The smallest absolute Gasteiger partial charge is 0.257 e. The number of nitrogens with one attached hydrogen (secondary N) is 1. The van der Waals surface area contributed by atoms with Gasteiger partial charge in [-0.05, 0) is 20.8 Å². The molecule has 116 valence electrons. The predicted molar refractivity (Wildman–Crippen MR) is 77.0 cm³/mol. The molecule has 1 atom stereocenters. The minimum Gasteiger partial charge on any atom is -0.362 e. The summed E-state index contributed by atoms with van der Waals surface area (Å²) < 4.78 is 7.30. The van der Waals surface area contributed by atoms with Gasteiger partial charge in [-0.3, -0.25) is 14.3 Å². The van der Waals surface area contributed by atoms with E-state index in [0.29, 0.717) is 31.0 Å². The Morgan fingerprint density at radius 3 is 2.81 bits per heavy atom. The summed E-state index contributed by atoms with van der Waals surface area (Å²) in [7, 11) is 1.56. The van der Waals surface area contributed by atoms with E-state index in [2.05, 4.69) is 10.4 Å². The Morgan fingerprint density at radius 2 is 2.24 bits per heavy atom.